The van der Waals surface area contributed by atoms with Crippen LogP contribution in [0.25, 0.3) is 0 Å². The van der Waals surface area contributed by atoms with Crippen molar-refractivity contribution in [1.29, 1.82) is 0 Å². The zero-order chi connectivity index (χ0) is 18.6. The first-order chi connectivity index (χ1) is 12.5. The molecule has 3 rings (SSSR count). The summed E-state index contributed by atoms with van der Waals surface area (Å²) in [4.78, 5) is 22.1. The van der Waals surface area contributed by atoms with Crippen LogP contribution in [-0.2, 0) is 0 Å². The van der Waals surface area contributed by atoms with Gasteiger partial charge < -0.3 is 14.7 Å². The van der Waals surface area contributed by atoms with E-state index in [4.69, 9.17) is 4.74 Å². The fraction of sp³-hybridized carbons (Fsp3) is 0.450. The molecule has 2 aromatic rings. The third-order valence-corrected chi connectivity index (χ3v) is 5.00. The molecule has 0 saturated carbocycles. The average molecular weight is 355 g/mol. The zero-order valence-electron chi connectivity index (χ0n) is 15.3. The Kier molecular flexibility index (Phi) is 5.52. The van der Waals surface area contributed by atoms with Gasteiger partial charge in [-0.2, -0.15) is 0 Å². The van der Waals surface area contributed by atoms with Gasteiger partial charge in [-0.3, -0.25) is 4.79 Å². The highest BCUT2D eigenvalue weighted by atomic mass is 16.5. The number of rotatable bonds is 4. The summed E-state index contributed by atoms with van der Waals surface area (Å²) in [6.07, 6.45) is 6.27. The number of nitrogens with zero attached hydrogens (tertiary/aromatic N) is 3. The summed E-state index contributed by atoms with van der Waals surface area (Å²) in [5.41, 5.74) is 1.92. The van der Waals surface area contributed by atoms with Gasteiger partial charge >= 0.3 is 0 Å². The van der Waals surface area contributed by atoms with Gasteiger partial charge in [0.05, 0.1) is 5.56 Å². The summed E-state index contributed by atoms with van der Waals surface area (Å²) < 4.78 is 5.85. The third-order valence-electron chi connectivity index (χ3n) is 5.00. The molecule has 0 unspecified atom stereocenters. The van der Waals surface area contributed by atoms with Gasteiger partial charge in [0.25, 0.3) is 5.91 Å². The van der Waals surface area contributed by atoms with E-state index in [0.717, 1.165) is 17.7 Å². The van der Waals surface area contributed by atoms with Crippen LogP contribution in [0, 0.1) is 13.8 Å². The van der Waals surface area contributed by atoms with Crippen molar-refractivity contribution in [3.05, 3.63) is 53.6 Å². The van der Waals surface area contributed by atoms with Crippen LogP contribution >= 0.6 is 0 Å². The Bertz CT molecular complexity index is 766. The number of hydrogen-bond acceptors (Lipinski definition) is 5. The molecule has 2 heterocycles. The largest absolute Gasteiger partial charge is 0.491 e. The van der Waals surface area contributed by atoms with E-state index < -0.39 is 5.60 Å². The standard InChI is InChI=1S/C20H25N3O3/c1-15-4-5-18(10-16(15)2)26-13-20(25)6-3-8-23(9-7-20)19(24)17-11-21-14-22-12-17/h4-5,10-12,14,25H,3,6-9,13H2,1-2H3/t20-/m1/s1. The molecular weight excluding hydrogens is 330 g/mol. The maximum absolute atomic E-state index is 12.5. The van der Waals surface area contributed by atoms with Crippen molar-refractivity contribution in [3.8, 4) is 5.75 Å². The van der Waals surface area contributed by atoms with Crippen LogP contribution in [-0.4, -0.2) is 51.2 Å². The second-order valence-corrected chi connectivity index (χ2v) is 7.03. The number of hydrogen-bond donors (Lipinski definition) is 1. The molecule has 1 aliphatic rings. The SMILES string of the molecule is Cc1ccc(OC[C@@]2(O)CCCN(C(=O)c3cncnc3)CC2)cc1C. The highest BCUT2D eigenvalue weighted by Crippen LogP contribution is 2.25. The Balaban J connectivity index is 1.59. The van der Waals surface area contributed by atoms with Crippen LogP contribution in [0.3, 0.4) is 0 Å². The number of carbonyl (C=O) groups is 1. The van der Waals surface area contributed by atoms with Crippen molar-refractivity contribution in [3.63, 3.8) is 0 Å². The summed E-state index contributed by atoms with van der Waals surface area (Å²) in [6.45, 7) is 5.42. The quantitative estimate of drug-likeness (QED) is 0.912. The van der Waals surface area contributed by atoms with Crippen LogP contribution in [0.5, 0.6) is 5.75 Å². The molecule has 1 saturated heterocycles. The number of ether oxygens (including phenoxy) is 1. The molecule has 6 nitrogen and oxygen atoms in total. The van der Waals surface area contributed by atoms with E-state index in [-0.39, 0.29) is 12.5 Å². The number of carbonyl (C=O) groups excluding carboxylic acids is 1. The van der Waals surface area contributed by atoms with E-state index in [2.05, 4.69) is 16.9 Å². The van der Waals surface area contributed by atoms with Crippen molar-refractivity contribution < 1.29 is 14.6 Å². The van der Waals surface area contributed by atoms with E-state index in [0.29, 0.717) is 31.5 Å². The van der Waals surface area contributed by atoms with Crippen molar-refractivity contribution in [2.45, 2.75) is 38.7 Å². The molecule has 1 amide bonds. The molecule has 0 radical (unpaired) electrons. The molecule has 6 heteroatoms. The molecule has 138 valence electrons. The summed E-state index contributed by atoms with van der Waals surface area (Å²) in [7, 11) is 0. The Morgan fingerprint density at radius 3 is 2.69 bits per heavy atom. The van der Waals surface area contributed by atoms with Crippen LogP contribution in [0.1, 0.15) is 40.7 Å². The Labute approximate surface area is 153 Å². The van der Waals surface area contributed by atoms with Gasteiger partial charge in [-0.25, -0.2) is 9.97 Å². The Hall–Kier alpha value is -2.47. The highest BCUT2D eigenvalue weighted by molar-refractivity contribution is 5.93. The predicted molar refractivity (Wildman–Crippen MR) is 98.1 cm³/mol. The lowest BCUT2D eigenvalue weighted by Crippen LogP contribution is -2.38. The molecule has 1 N–H and O–H groups in total. The molecule has 1 aromatic heterocycles. The molecule has 1 aromatic carbocycles. The van der Waals surface area contributed by atoms with E-state index in [1.165, 1.54) is 24.3 Å². The number of aryl methyl sites for hydroxylation is 2. The van der Waals surface area contributed by atoms with Crippen LogP contribution in [0.15, 0.2) is 36.9 Å². The topological polar surface area (TPSA) is 75.6 Å². The monoisotopic (exact) mass is 355 g/mol. The smallest absolute Gasteiger partial charge is 0.256 e. The highest BCUT2D eigenvalue weighted by Gasteiger charge is 2.32. The van der Waals surface area contributed by atoms with Crippen molar-refractivity contribution in [1.82, 2.24) is 14.9 Å². The number of aromatic nitrogens is 2. The minimum Gasteiger partial charge on any atom is -0.491 e. The van der Waals surface area contributed by atoms with Crippen molar-refractivity contribution in [2.75, 3.05) is 19.7 Å². The maximum Gasteiger partial charge on any atom is 0.256 e. The second kappa shape index (κ2) is 7.83. The normalized spacial score (nSPS) is 20.5. The zero-order valence-corrected chi connectivity index (χ0v) is 15.3. The molecule has 1 fully saturated rings. The van der Waals surface area contributed by atoms with Crippen molar-refractivity contribution in [2.24, 2.45) is 0 Å². The predicted octanol–water partition coefficient (Wildman–Crippen LogP) is 2.53. The molecule has 0 aliphatic carbocycles. The van der Waals surface area contributed by atoms with Gasteiger partial charge in [-0.1, -0.05) is 6.07 Å². The molecule has 1 atom stereocenters. The number of benzene rings is 1. The van der Waals surface area contributed by atoms with Gasteiger partial charge in [-0.05, 0) is 56.4 Å². The molecule has 0 spiro atoms. The maximum atomic E-state index is 12.5. The van der Waals surface area contributed by atoms with E-state index in [1.54, 1.807) is 4.90 Å². The molecular formula is C20H25N3O3. The fourth-order valence-electron chi connectivity index (χ4n) is 3.14. The lowest BCUT2D eigenvalue weighted by molar-refractivity contribution is -0.0163. The van der Waals surface area contributed by atoms with Gasteiger partial charge in [-0.15, -0.1) is 0 Å². The lowest BCUT2D eigenvalue weighted by atomic mass is 9.96. The Morgan fingerprint density at radius 2 is 1.96 bits per heavy atom. The van der Waals surface area contributed by atoms with Gasteiger partial charge in [0, 0.05) is 25.5 Å². The second-order valence-electron chi connectivity index (χ2n) is 7.03. The van der Waals surface area contributed by atoms with E-state index in [1.807, 2.05) is 25.1 Å². The number of amides is 1. The number of likely N-dealkylation sites (tertiary alicyclic amines) is 1. The first kappa shape index (κ1) is 18.3. The minimum atomic E-state index is -0.930. The summed E-state index contributed by atoms with van der Waals surface area (Å²) >= 11 is 0. The van der Waals surface area contributed by atoms with Gasteiger partial charge in [0.2, 0.25) is 0 Å². The summed E-state index contributed by atoms with van der Waals surface area (Å²) in [6, 6.07) is 5.93. The first-order valence-corrected chi connectivity index (χ1v) is 8.94. The molecule has 26 heavy (non-hydrogen) atoms. The van der Waals surface area contributed by atoms with Crippen LogP contribution in [0.2, 0.25) is 0 Å². The Morgan fingerprint density at radius 1 is 1.19 bits per heavy atom. The summed E-state index contributed by atoms with van der Waals surface area (Å²) in [5, 5.41) is 10.9. The van der Waals surface area contributed by atoms with E-state index >= 15 is 0 Å². The summed E-state index contributed by atoms with van der Waals surface area (Å²) in [5.74, 6) is 0.671. The minimum absolute atomic E-state index is 0.0927. The fourth-order valence-corrected chi connectivity index (χ4v) is 3.14. The van der Waals surface area contributed by atoms with Crippen LogP contribution in [0.4, 0.5) is 0 Å². The van der Waals surface area contributed by atoms with E-state index in [9.17, 15) is 9.90 Å². The molecule has 1 aliphatic heterocycles. The number of aliphatic hydroxyl groups is 1. The lowest BCUT2D eigenvalue weighted by Gasteiger charge is -2.27. The first-order valence-electron chi connectivity index (χ1n) is 8.94. The molecule has 0 bridgehead atoms. The average Bonchev–Trinajstić information content (AvgIpc) is 2.85. The van der Waals surface area contributed by atoms with Crippen molar-refractivity contribution >= 4 is 5.91 Å². The van der Waals surface area contributed by atoms with Crippen LogP contribution < -0.4 is 4.74 Å². The van der Waals surface area contributed by atoms with Gasteiger partial charge in [0.15, 0.2) is 0 Å². The van der Waals surface area contributed by atoms with Gasteiger partial charge in [0.1, 0.15) is 24.3 Å². The third kappa shape index (κ3) is 4.38.